The summed E-state index contributed by atoms with van der Waals surface area (Å²) in [7, 11) is -2.12. The van der Waals surface area contributed by atoms with Crippen LogP contribution in [0.3, 0.4) is 0 Å². The van der Waals surface area contributed by atoms with Gasteiger partial charge in [-0.1, -0.05) is 0 Å². The number of rotatable bonds is 8. The van der Waals surface area contributed by atoms with Crippen molar-refractivity contribution in [3.05, 3.63) is 29.6 Å². The number of hydrogen-bond donors (Lipinski definition) is 5. The van der Waals surface area contributed by atoms with E-state index in [9.17, 15) is 46.8 Å². The summed E-state index contributed by atoms with van der Waals surface area (Å²) in [6.07, 6.45) is -5.30. The maximum Gasteiger partial charge on any atom is 0.475 e. The third-order valence-electron chi connectivity index (χ3n) is 4.99. The van der Waals surface area contributed by atoms with Gasteiger partial charge in [0, 0.05) is 18.5 Å². The van der Waals surface area contributed by atoms with Gasteiger partial charge in [-0.2, -0.15) is 13.2 Å². The maximum atomic E-state index is 13.6. The summed E-state index contributed by atoms with van der Waals surface area (Å²) in [5, 5.41) is 22.1. The Hall–Kier alpha value is -3.20. The fraction of sp³-hybridized carbons (Fsp3) is 0.444. The molecule has 1 aromatic rings. The molecule has 6 N–H and O–H groups in total. The lowest BCUT2D eigenvalue weighted by molar-refractivity contribution is -0.175. The van der Waals surface area contributed by atoms with Gasteiger partial charge in [0.25, 0.3) is 11.8 Å². The van der Waals surface area contributed by atoms with Gasteiger partial charge in [0.15, 0.2) is 0 Å². The van der Waals surface area contributed by atoms with Crippen molar-refractivity contribution in [2.75, 3.05) is 12.3 Å². The molecule has 1 aliphatic heterocycles. The Balaban J connectivity index is 2.21. The zero-order chi connectivity index (χ0) is 24.9. The van der Waals surface area contributed by atoms with E-state index in [1.54, 1.807) is 0 Å². The number of aldehydes is 1. The SMILES string of the molecule is Nc1ccc(C(=O)NC(C(=O)N2CCCC2C(=O)NC(CC=O)B(O)O)C(F)(F)F)cc1F. The van der Waals surface area contributed by atoms with E-state index in [-0.39, 0.29) is 25.1 Å². The summed E-state index contributed by atoms with van der Waals surface area (Å²) >= 11 is 0. The Labute approximate surface area is 185 Å². The Morgan fingerprint density at radius 1 is 1.27 bits per heavy atom. The molecule has 1 aliphatic rings. The first-order chi connectivity index (χ1) is 15.4. The molecular weight excluding hydrogens is 455 g/mol. The number of nitrogens with two attached hydrogens (primary N) is 1. The number of hydrogen-bond acceptors (Lipinski definition) is 7. The number of anilines is 1. The first-order valence-electron chi connectivity index (χ1n) is 9.70. The van der Waals surface area contributed by atoms with Gasteiger partial charge in [-0.3, -0.25) is 14.4 Å². The molecular formula is C18H21BF4N4O6. The molecule has 3 unspecified atom stereocenters. The molecule has 1 saturated heterocycles. The standard InChI is InChI=1S/C18H21BF4N4O6/c20-10-8-9(3-4-11(10)24)15(29)26-14(18(21,22)23)17(31)27-6-1-2-12(27)16(30)25-13(5-7-28)19(32)33/h3-4,7-8,12-14,32-33H,1-2,5-6,24H2,(H,25,30)(H,26,29). The third-order valence-corrected chi connectivity index (χ3v) is 4.99. The Morgan fingerprint density at radius 2 is 1.94 bits per heavy atom. The van der Waals surface area contributed by atoms with E-state index in [2.05, 4.69) is 5.32 Å². The lowest BCUT2D eigenvalue weighted by Gasteiger charge is -2.30. The van der Waals surface area contributed by atoms with Crippen molar-refractivity contribution in [3.63, 3.8) is 0 Å². The van der Waals surface area contributed by atoms with E-state index in [0.29, 0.717) is 17.3 Å². The first-order valence-corrected chi connectivity index (χ1v) is 9.70. The van der Waals surface area contributed by atoms with Crippen molar-refractivity contribution in [2.24, 2.45) is 0 Å². The van der Waals surface area contributed by atoms with Gasteiger partial charge in [-0.05, 0) is 31.0 Å². The zero-order valence-electron chi connectivity index (χ0n) is 17.0. The number of benzene rings is 1. The van der Waals surface area contributed by atoms with Crippen LogP contribution in [0.25, 0.3) is 0 Å². The minimum atomic E-state index is -5.25. The second kappa shape index (κ2) is 10.6. The van der Waals surface area contributed by atoms with Crippen molar-refractivity contribution in [1.82, 2.24) is 15.5 Å². The predicted molar refractivity (Wildman–Crippen MR) is 106 cm³/mol. The zero-order valence-corrected chi connectivity index (χ0v) is 17.0. The van der Waals surface area contributed by atoms with Gasteiger partial charge in [-0.25, -0.2) is 4.39 Å². The molecule has 180 valence electrons. The average Bonchev–Trinajstić information content (AvgIpc) is 3.22. The van der Waals surface area contributed by atoms with Gasteiger partial charge in [0.2, 0.25) is 11.9 Å². The van der Waals surface area contributed by atoms with E-state index in [4.69, 9.17) is 5.73 Å². The fourth-order valence-corrected chi connectivity index (χ4v) is 3.27. The monoisotopic (exact) mass is 476 g/mol. The molecule has 2 rings (SSSR count). The lowest BCUT2D eigenvalue weighted by Crippen LogP contribution is -2.59. The van der Waals surface area contributed by atoms with E-state index in [1.807, 2.05) is 0 Å². The average molecular weight is 476 g/mol. The summed E-state index contributed by atoms with van der Waals surface area (Å²) in [4.78, 5) is 48.6. The third kappa shape index (κ3) is 6.41. The van der Waals surface area contributed by atoms with Gasteiger partial charge in [-0.15, -0.1) is 0 Å². The van der Waals surface area contributed by atoms with Crippen LogP contribution in [0.1, 0.15) is 29.6 Å². The van der Waals surface area contributed by atoms with Crippen LogP contribution in [0.2, 0.25) is 0 Å². The van der Waals surface area contributed by atoms with Crippen LogP contribution < -0.4 is 16.4 Å². The predicted octanol–water partition coefficient (Wildman–Crippen LogP) is -0.855. The van der Waals surface area contributed by atoms with Crippen molar-refractivity contribution < 1.29 is 46.8 Å². The van der Waals surface area contributed by atoms with Crippen LogP contribution in [0.4, 0.5) is 23.2 Å². The molecule has 0 radical (unpaired) electrons. The minimum Gasteiger partial charge on any atom is -0.426 e. The molecule has 1 aromatic carbocycles. The number of nitrogens with one attached hydrogen (secondary N) is 2. The van der Waals surface area contributed by atoms with Crippen LogP contribution >= 0.6 is 0 Å². The molecule has 0 saturated carbocycles. The number of likely N-dealkylation sites (tertiary alicyclic amines) is 1. The minimum absolute atomic E-state index is 0.0331. The topological polar surface area (TPSA) is 162 Å². The van der Waals surface area contributed by atoms with Crippen molar-refractivity contribution in [1.29, 1.82) is 0 Å². The largest absolute Gasteiger partial charge is 0.475 e. The van der Waals surface area contributed by atoms with E-state index in [0.717, 1.165) is 12.1 Å². The van der Waals surface area contributed by atoms with E-state index in [1.165, 1.54) is 5.32 Å². The molecule has 3 amide bonds. The molecule has 1 heterocycles. The second-order valence-electron chi connectivity index (χ2n) is 7.31. The van der Waals surface area contributed by atoms with E-state index >= 15 is 0 Å². The maximum absolute atomic E-state index is 13.6. The molecule has 10 nitrogen and oxygen atoms in total. The lowest BCUT2D eigenvalue weighted by atomic mass is 9.77. The number of carbonyl (C=O) groups excluding carboxylic acids is 4. The summed E-state index contributed by atoms with van der Waals surface area (Å²) in [6, 6.07) is -1.87. The van der Waals surface area contributed by atoms with Crippen molar-refractivity contribution >= 4 is 36.8 Å². The van der Waals surface area contributed by atoms with E-state index < -0.39 is 66.8 Å². The number of carbonyl (C=O) groups is 4. The normalized spacial score (nSPS) is 17.8. The smallest absolute Gasteiger partial charge is 0.426 e. The molecule has 3 atom stereocenters. The Bertz CT molecular complexity index is 916. The Kier molecular flexibility index (Phi) is 8.38. The molecule has 1 fully saturated rings. The number of halogens is 4. The molecule has 15 heteroatoms. The van der Waals surface area contributed by atoms with Gasteiger partial charge in [0.05, 0.1) is 11.6 Å². The molecule has 0 aromatic heterocycles. The van der Waals surface area contributed by atoms with Crippen molar-refractivity contribution in [2.45, 2.75) is 43.5 Å². The number of amides is 3. The summed E-state index contributed by atoms with van der Waals surface area (Å²) in [5.41, 5.74) is 4.43. The van der Waals surface area contributed by atoms with Gasteiger partial charge < -0.3 is 36.1 Å². The highest BCUT2D eigenvalue weighted by atomic mass is 19.4. The second-order valence-corrected chi connectivity index (χ2v) is 7.31. The molecule has 0 spiro atoms. The fourth-order valence-electron chi connectivity index (χ4n) is 3.27. The molecule has 0 bridgehead atoms. The summed E-state index contributed by atoms with van der Waals surface area (Å²) in [5.74, 6) is -6.47. The van der Waals surface area contributed by atoms with Crippen LogP contribution in [0.15, 0.2) is 18.2 Å². The van der Waals surface area contributed by atoms with Gasteiger partial charge >= 0.3 is 13.3 Å². The quantitative estimate of drug-likeness (QED) is 0.141. The van der Waals surface area contributed by atoms with Crippen LogP contribution in [-0.2, 0) is 14.4 Å². The highest BCUT2D eigenvalue weighted by Crippen LogP contribution is 2.26. The Morgan fingerprint density at radius 3 is 2.48 bits per heavy atom. The highest BCUT2D eigenvalue weighted by molar-refractivity contribution is 6.44. The molecule has 33 heavy (non-hydrogen) atoms. The van der Waals surface area contributed by atoms with Crippen LogP contribution in [0, 0.1) is 5.82 Å². The molecule has 0 aliphatic carbocycles. The first kappa shape index (κ1) is 26.1. The number of nitrogen functional groups attached to an aromatic ring is 1. The van der Waals surface area contributed by atoms with Crippen LogP contribution in [0.5, 0.6) is 0 Å². The van der Waals surface area contributed by atoms with Crippen LogP contribution in [-0.4, -0.2) is 76.8 Å². The summed E-state index contributed by atoms with van der Waals surface area (Å²) in [6.45, 7) is -0.240. The number of alkyl halides is 3. The summed E-state index contributed by atoms with van der Waals surface area (Å²) < 4.78 is 54.4. The van der Waals surface area contributed by atoms with Crippen molar-refractivity contribution in [3.8, 4) is 0 Å². The highest BCUT2D eigenvalue weighted by Gasteiger charge is 2.50. The van der Waals surface area contributed by atoms with Gasteiger partial charge in [0.1, 0.15) is 18.1 Å². The number of nitrogens with zero attached hydrogens (tertiary/aromatic N) is 1.